The van der Waals surface area contributed by atoms with E-state index in [0.29, 0.717) is 28.3 Å². The zero-order valence-corrected chi connectivity index (χ0v) is 16.3. The van der Waals surface area contributed by atoms with Gasteiger partial charge in [0, 0.05) is 22.2 Å². The highest BCUT2D eigenvalue weighted by atomic mass is 35.5. The van der Waals surface area contributed by atoms with Gasteiger partial charge in [0.2, 0.25) is 10.0 Å². The number of hydrazine groups is 1. The lowest BCUT2D eigenvalue weighted by Gasteiger charge is -2.21. The molecule has 2 N–H and O–H groups in total. The maximum Gasteiger partial charge on any atom is 0.269 e. The normalized spacial score (nSPS) is 16.0. The summed E-state index contributed by atoms with van der Waals surface area (Å²) in [6.07, 6.45) is 1.67. The molecule has 1 unspecified atom stereocenters. The first-order valence-corrected chi connectivity index (χ1v) is 10.4. The highest BCUT2D eigenvalue weighted by molar-refractivity contribution is 7.92. The molecule has 9 heteroatoms. The van der Waals surface area contributed by atoms with E-state index in [-0.39, 0.29) is 6.04 Å². The van der Waals surface area contributed by atoms with Crippen LogP contribution in [0.4, 0.5) is 5.69 Å². The third-order valence-electron chi connectivity index (χ3n) is 4.25. The third-order valence-corrected chi connectivity index (χ3v) is 5.77. The van der Waals surface area contributed by atoms with E-state index in [0.717, 1.165) is 11.8 Å². The second kappa shape index (κ2) is 7.21. The van der Waals surface area contributed by atoms with Crippen LogP contribution in [0, 0.1) is 0 Å². The van der Waals surface area contributed by atoms with Crippen LogP contribution in [0.25, 0.3) is 0 Å². The number of fused-ring (bicyclic) bond motifs is 1. The summed E-state index contributed by atoms with van der Waals surface area (Å²) in [6.45, 7) is 1.81. The van der Waals surface area contributed by atoms with Crippen molar-refractivity contribution in [3.8, 4) is 0 Å². The minimum Gasteiger partial charge on any atom is -0.267 e. The number of nitrogens with one attached hydrogen (secondary N) is 2. The highest BCUT2D eigenvalue weighted by Gasteiger charge is 2.32. The summed E-state index contributed by atoms with van der Waals surface area (Å²) >= 11 is 5.78. The van der Waals surface area contributed by atoms with Gasteiger partial charge in [-0.3, -0.25) is 24.7 Å². The predicted octanol–water partition coefficient (Wildman–Crippen LogP) is 2.13. The average Bonchev–Trinajstić information content (AvgIpc) is 2.94. The zero-order valence-electron chi connectivity index (χ0n) is 14.7. The van der Waals surface area contributed by atoms with Crippen LogP contribution in [0.1, 0.15) is 33.2 Å². The standard InChI is InChI=1S/C18H18ClN3O4S/c1-11-9-14-10-13(5-8-16(14)22(11)27(2,25)26)18(24)21-20-17(23)12-3-6-15(19)7-4-12/h3-8,10-11H,9H2,1-2H3,(H,20,23)(H,21,24). The number of halogens is 1. The van der Waals surface area contributed by atoms with Gasteiger partial charge < -0.3 is 0 Å². The smallest absolute Gasteiger partial charge is 0.267 e. The lowest BCUT2D eigenvalue weighted by atomic mass is 10.1. The van der Waals surface area contributed by atoms with Crippen molar-refractivity contribution in [3.05, 3.63) is 64.2 Å². The van der Waals surface area contributed by atoms with Gasteiger partial charge in [0.25, 0.3) is 11.8 Å². The summed E-state index contributed by atoms with van der Waals surface area (Å²) in [4.78, 5) is 24.3. The monoisotopic (exact) mass is 407 g/mol. The van der Waals surface area contributed by atoms with Gasteiger partial charge in [0.05, 0.1) is 11.9 Å². The second-order valence-electron chi connectivity index (χ2n) is 6.37. The fourth-order valence-corrected chi connectivity index (χ4v) is 4.50. The van der Waals surface area contributed by atoms with Crippen LogP contribution in [-0.4, -0.2) is 32.5 Å². The molecule has 1 heterocycles. The first-order valence-electron chi connectivity index (χ1n) is 8.15. The molecule has 142 valence electrons. The van der Waals surface area contributed by atoms with E-state index in [2.05, 4.69) is 10.9 Å². The molecule has 2 aromatic rings. The molecule has 1 aliphatic rings. The van der Waals surface area contributed by atoms with Gasteiger partial charge in [-0.15, -0.1) is 0 Å². The Balaban J connectivity index is 1.71. The Kier molecular flexibility index (Phi) is 5.12. The summed E-state index contributed by atoms with van der Waals surface area (Å²) in [5.41, 5.74) is 6.71. The van der Waals surface area contributed by atoms with Crippen molar-refractivity contribution in [2.24, 2.45) is 0 Å². The van der Waals surface area contributed by atoms with Crippen LogP contribution in [0.15, 0.2) is 42.5 Å². The van der Waals surface area contributed by atoms with Crippen LogP contribution in [0.5, 0.6) is 0 Å². The Bertz CT molecular complexity index is 1010. The molecule has 1 atom stereocenters. The molecular weight excluding hydrogens is 390 g/mol. The van der Waals surface area contributed by atoms with Crippen molar-refractivity contribution in [1.82, 2.24) is 10.9 Å². The van der Waals surface area contributed by atoms with Crippen molar-refractivity contribution in [2.45, 2.75) is 19.4 Å². The quantitative estimate of drug-likeness (QED) is 0.762. The van der Waals surface area contributed by atoms with Crippen LogP contribution in [-0.2, 0) is 16.4 Å². The number of anilines is 1. The van der Waals surface area contributed by atoms with Crippen molar-refractivity contribution >= 4 is 39.1 Å². The van der Waals surface area contributed by atoms with Gasteiger partial charge in [0.15, 0.2) is 0 Å². The van der Waals surface area contributed by atoms with Crippen molar-refractivity contribution in [3.63, 3.8) is 0 Å². The van der Waals surface area contributed by atoms with E-state index >= 15 is 0 Å². The first kappa shape index (κ1) is 19.2. The summed E-state index contributed by atoms with van der Waals surface area (Å²) in [7, 11) is -3.39. The Hall–Kier alpha value is -2.58. The zero-order chi connectivity index (χ0) is 19.8. The summed E-state index contributed by atoms with van der Waals surface area (Å²) in [6, 6.07) is 10.8. The van der Waals surface area contributed by atoms with Gasteiger partial charge in [-0.05, 0) is 61.4 Å². The molecule has 0 fully saturated rings. The maximum absolute atomic E-state index is 12.3. The minimum absolute atomic E-state index is 0.210. The predicted molar refractivity (Wildman–Crippen MR) is 103 cm³/mol. The number of sulfonamides is 1. The molecule has 7 nitrogen and oxygen atoms in total. The van der Waals surface area contributed by atoms with Crippen LogP contribution in [0.3, 0.4) is 0 Å². The van der Waals surface area contributed by atoms with Crippen molar-refractivity contribution < 1.29 is 18.0 Å². The highest BCUT2D eigenvalue weighted by Crippen LogP contribution is 2.34. The van der Waals surface area contributed by atoms with Gasteiger partial charge in [0.1, 0.15) is 0 Å². The van der Waals surface area contributed by atoms with Gasteiger partial charge >= 0.3 is 0 Å². The van der Waals surface area contributed by atoms with Crippen LogP contribution >= 0.6 is 11.6 Å². The summed E-state index contributed by atoms with van der Waals surface area (Å²) in [5.74, 6) is -0.969. The lowest BCUT2D eigenvalue weighted by molar-refractivity contribution is 0.0846. The summed E-state index contributed by atoms with van der Waals surface area (Å²) in [5, 5.41) is 0.506. The minimum atomic E-state index is -3.39. The van der Waals surface area contributed by atoms with Crippen molar-refractivity contribution in [1.29, 1.82) is 0 Å². The molecule has 3 rings (SSSR count). The number of benzene rings is 2. The van der Waals surface area contributed by atoms with Crippen LogP contribution < -0.4 is 15.2 Å². The fourth-order valence-electron chi connectivity index (χ4n) is 3.11. The average molecular weight is 408 g/mol. The van der Waals surface area contributed by atoms with E-state index in [4.69, 9.17) is 11.6 Å². The van der Waals surface area contributed by atoms with E-state index in [1.165, 1.54) is 10.4 Å². The number of hydrogen-bond acceptors (Lipinski definition) is 4. The van der Waals surface area contributed by atoms with Crippen LogP contribution in [0.2, 0.25) is 5.02 Å². The van der Waals surface area contributed by atoms with Gasteiger partial charge in [-0.2, -0.15) is 0 Å². The molecule has 27 heavy (non-hydrogen) atoms. The molecule has 0 bridgehead atoms. The van der Waals surface area contributed by atoms with Gasteiger partial charge in [-0.25, -0.2) is 8.42 Å². The Labute approximate surface area is 162 Å². The molecular formula is C18H18ClN3O4S. The Morgan fingerprint density at radius 3 is 2.19 bits per heavy atom. The third kappa shape index (κ3) is 4.06. The number of carbonyl (C=O) groups excluding carboxylic acids is 2. The molecule has 0 aliphatic carbocycles. The van der Waals surface area contributed by atoms with E-state index in [1.807, 2.05) is 6.92 Å². The van der Waals surface area contributed by atoms with E-state index in [1.54, 1.807) is 36.4 Å². The topological polar surface area (TPSA) is 95.6 Å². The molecule has 2 aromatic carbocycles. The molecule has 0 spiro atoms. The second-order valence-corrected chi connectivity index (χ2v) is 8.67. The van der Waals surface area contributed by atoms with Gasteiger partial charge in [-0.1, -0.05) is 11.6 Å². The molecule has 0 aromatic heterocycles. The molecule has 2 amide bonds. The number of rotatable bonds is 3. The van der Waals surface area contributed by atoms with Crippen molar-refractivity contribution in [2.75, 3.05) is 10.6 Å². The fraction of sp³-hybridized carbons (Fsp3) is 0.222. The maximum atomic E-state index is 12.3. The molecule has 0 saturated carbocycles. The van der Waals surface area contributed by atoms with E-state index < -0.39 is 21.8 Å². The number of nitrogens with zero attached hydrogens (tertiary/aromatic N) is 1. The lowest BCUT2D eigenvalue weighted by Crippen LogP contribution is -2.41. The number of hydrogen-bond donors (Lipinski definition) is 2. The number of carbonyl (C=O) groups is 2. The molecule has 0 radical (unpaired) electrons. The number of amides is 2. The summed E-state index contributed by atoms with van der Waals surface area (Å²) < 4.78 is 25.3. The molecule has 0 saturated heterocycles. The SMILES string of the molecule is CC1Cc2cc(C(=O)NNC(=O)c3ccc(Cl)cc3)ccc2N1S(C)(=O)=O. The first-order chi connectivity index (χ1) is 12.7. The Morgan fingerprint density at radius 2 is 1.59 bits per heavy atom. The molecule has 1 aliphatic heterocycles. The largest absolute Gasteiger partial charge is 0.269 e. The van der Waals surface area contributed by atoms with E-state index in [9.17, 15) is 18.0 Å². The Morgan fingerprint density at radius 1 is 1.04 bits per heavy atom.